The van der Waals surface area contributed by atoms with Crippen molar-refractivity contribution in [3.05, 3.63) is 91.3 Å². The summed E-state index contributed by atoms with van der Waals surface area (Å²) >= 11 is 0. The molecule has 0 bridgehead atoms. The topological polar surface area (TPSA) is 12.9 Å². The minimum Gasteiger partial charge on any atom is -0.265 e. The van der Waals surface area contributed by atoms with E-state index < -0.39 is 0 Å². The van der Waals surface area contributed by atoms with Gasteiger partial charge in [0, 0.05) is 12.4 Å². The fourth-order valence-corrected chi connectivity index (χ4v) is 2.89. The molecule has 0 aliphatic rings. The van der Waals surface area contributed by atoms with Gasteiger partial charge in [0.15, 0.2) is 0 Å². The second-order valence-electron chi connectivity index (χ2n) is 5.34. The zero-order chi connectivity index (χ0) is 14.8. The lowest BCUT2D eigenvalue weighted by Gasteiger charge is -2.09. The molecule has 22 heavy (non-hydrogen) atoms. The number of hydrogen-bond acceptors (Lipinski definition) is 1. The molecule has 0 amide bonds. The molecule has 3 aromatic carbocycles. The molecule has 0 N–H and O–H groups in total. The molecule has 0 spiro atoms. The highest BCUT2D eigenvalue weighted by Gasteiger charge is 2.05. The van der Waals surface area contributed by atoms with E-state index in [1.165, 1.54) is 33.0 Å². The summed E-state index contributed by atoms with van der Waals surface area (Å²) in [7, 11) is 0. The lowest BCUT2D eigenvalue weighted by molar-refractivity contribution is 1.33. The van der Waals surface area contributed by atoms with Gasteiger partial charge in [0.05, 0.1) is 0 Å². The van der Waals surface area contributed by atoms with Crippen LogP contribution in [0.3, 0.4) is 0 Å². The van der Waals surface area contributed by atoms with Gasteiger partial charge in [-0.2, -0.15) is 0 Å². The van der Waals surface area contributed by atoms with Crippen LogP contribution in [-0.2, 0) is 0 Å². The summed E-state index contributed by atoms with van der Waals surface area (Å²) in [5, 5.41) is 2.56. The quantitative estimate of drug-likeness (QED) is 0.468. The van der Waals surface area contributed by atoms with E-state index in [4.69, 9.17) is 0 Å². The van der Waals surface area contributed by atoms with E-state index in [0.717, 1.165) is 0 Å². The predicted molar refractivity (Wildman–Crippen MR) is 92.6 cm³/mol. The van der Waals surface area contributed by atoms with Crippen molar-refractivity contribution in [3.63, 3.8) is 0 Å². The van der Waals surface area contributed by atoms with Gasteiger partial charge in [-0.1, -0.05) is 60.7 Å². The Morgan fingerprint density at radius 3 is 2.18 bits per heavy atom. The fraction of sp³-hybridized carbons (Fsp3) is 0. The van der Waals surface area contributed by atoms with Crippen LogP contribution in [0, 0.1) is 0 Å². The summed E-state index contributed by atoms with van der Waals surface area (Å²) in [6, 6.07) is 27.8. The molecule has 0 radical (unpaired) electrons. The average molecular weight is 281 g/mol. The Labute approximate surface area is 129 Å². The minimum atomic E-state index is 1.19. The van der Waals surface area contributed by atoms with Crippen LogP contribution >= 0.6 is 0 Å². The third kappa shape index (κ3) is 2.27. The average Bonchev–Trinajstić information content (AvgIpc) is 2.62. The summed E-state index contributed by atoms with van der Waals surface area (Å²) in [6.45, 7) is 0. The Hall–Kier alpha value is -2.93. The van der Waals surface area contributed by atoms with Gasteiger partial charge in [-0.3, -0.25) is 4.98 Å². The van der Waals surface area contributed by atoms with Gasteiger partial charge in [0.25, 0.3) is 0 Å². The van der Waals surface area contributed by atoms with E-state index in [1.54, 1.807) is 0 Å². The summed E-state index contributed by atoms with van der Waals surface area (Å²) in [5.41, 5.74) is 4.92. The molecule has 0 saturated carbocycles. The first-order valence-corrected chi connectivity index (χ1v) is 7.40. The first kappa shape index (κ1) is 12.8. The van der Waals surface area contributed by atoms with Crippen molar-refractivity contribution >= 4 is 10.8 Å². The van der Waals surface area contributed by atoms with Gasteiger partial charge in [-0.05, 0) is 51.2 Å². The summed E-state index contributed by atoms with van der Waals surface area (Å²) < 4.78 is 0. The third-order valence-corrected chi connectivity index (χ3v) is 3.98. The maximum Gasteiger partial charge on any atom is 0.0273 e. The molecule has 4 aromatic rings. The van der Waals surface area contributed by atoms with E-state index in [2.05, 4.69) is 71.7 Å². The zero-order valence-electron chi connectivity index (χ0n) is 12.1. The first-order chi connectivity index (χ1) is 10.9. The van der Waals surface area contributed by atoms with E-state index in [0.29, 0.717) is 0 Å². The van der Waals surface area contributed by atoms with Crippen molar-refractivity contribution in [2.75, 3.05) is 0 Å². The molecule has 1 heterocycles. The largest absolute Gasteiger partial charge is 0.265 e. The number of benzene rings is 3. The van der Waals surface area contributed by atoms with E-state index in [1.807, 2.05) is 24.5 Å². The Bertz CT molecular complexity index is 921. The lowest BCUT2D eigenvalue weighted by Crippen LogP contribution is -1.83. The fourth-order valence-electron chi connectivity index (χ4n) is 2.89. The Kier molecular flexibility index (Phi) is 3.17. The molecule has 1 nitrogen and oxygen atoms in total. The SMILES string of the molecule is c1cc(-c2ccncc2)cc(-c2cccc3ccccc23)c1. The van der Waals surface area contributed by atoms with E-state index in [9.17, 15) is 0 Å². The molecule has 0 atom stereocenters. The second-order valence-corrected chi connectivity index (χ2v) is 5.34. The number of fused-ring (bicyclic) bond motifs is 1. The second kappa shape index (κ2) is 5.45. The number of hydrogen-bond donors (Lipinski definition) is 0. The molecule has 1 heteroatoms. The minimum absolute atomic E-state index is 1.19. The van der Waals surface area contributed by atoms with Crippen LogP contribution in [0.5, 0.6) is 0 Å². The van der Waals surface area contributed by atoms with Gasteiger partial charge in [-0.15, -0.1) is 0 Å². The van der Waals surface area contributed by atoms with Gasteiger partial charge < -0.3 is 0 Å². The maximum atomic E-state index is 4.09. The summed E-state index contributed by atoms with van der Waals surface area (Å²) in [4.78, 5) is 4.09. The van der Waals surface area contributed by atoms with Crippen LogP contribution < -0.4 is 0 Å². The monoisotopic (exact) mass is 281 g/mol. The predicted octanol–water partition coefficient (Wildman–Crippen LogP) is 5.57. The van der Waals surface area contributed by atoms with Crippen LogP contribution in [0.2, 0.25) is 0 Å². The van der Waals surface area contributed by atoms with Crippen molar-refractivity contribution in [2.24, 2.45) is 0 Å². The molecule has 0 fully saturated rings. The van der Waals surface area contributed by atoms with Crippen LogP contribution in [0.15, 0.2) is 91.3 Å². The van der Waals surface area contributed by atoms with Gasteiger partial charge in [-0.25, -0.2) is 0 Å². The normalized spacial score (nSPS) is 10.7. The molecule has 4 rings (SSSR count). The Morgan fingerprint density at radius 1 is 0.545 bits per heavy atom. The molecule has 0 saturated heterocycles. The van der Waals surface area contributed by atoms with Gasteiger partial charge in [0.2, 0.25) is 0 Å². The van der Waals surface area contributed by atoms with Crippen LogP contribution in [0.1, 0.15) is 0 Å². The number of rotatable bonds is 2. The van der Waals surface area contributed by atoms with Crippen molar-refractivity contribution in [2.45, 2.75) is 0 Å². The van der Waals surface area contributed by atoms with E-state index >= 15 is 0 Å². The highest BCUT2D eigenvalue weighted by molar-refractivity contribution is 5.97. The summed E-state index contributed by atoms with van der Waals surface area (Å²) in [5.74, 6) is 0. The van der Waals surface area contributed by atoms with Crippen molar-refractivity contribution in [1.29, 1.82) is 0 Å². The Morgan fingerprint density at radius 2 is 1.27 bits per heavy atom. The van der Waals surface area contributed by atoms with Crippen molar-refractivity contribution in [3.8, 4) is 22.3 Å². The number of nitrogens with zero attached hydrogens (tertiary/aromatic N) is 1. The number of pyridine rings is 1. The van der Waals surface area contributed by atoms with E-state index in [-0.39, 0.29) is 0 Å². The molecular formula is C21H15N. The molecule has 104 valence electrons. The van der Waals surface area contributed by atoms with Crippen molar-refractivity contribution < 1.29 is 0 Å². The molecule has 0 unspecified atom stereocenters. The zero-order valence-corrected chi connectivity index (χ0v) is 12.1. The molecule has 0 aliphatic heterocycles. The molecular weight excluding hydrogens is 266 g/mol. The maximum absolute atomic E-state index is 4.09. The third-order valence-electron chi connectivity index (χ3n) is 3.98. The standard InChI is InChI=1S/C21H15N/c1-2-9-20-17(5-1)6-4-10-21(20)19-8-3-7-18(15-19)16-11-13-22-14-12-16/h1-15H. The molecule has 0 aliphatic carbocycles. The lowest BCUT2D eigenvalue weighted by atomic mass is 9.95. The summed E-state index contributed by atoms with van der Waals surface area (Å²) in [6.07, 6.45) is 3.67. The number of aromatic nitrogens is 1. The van der Waals surface area contributed by atoms with Crippen LogP contribution in [0.4, 0.5) is 0 Å². The van der Waals surface area contributed by atoms with Gasteiger partial charge >= 0.3 is 0 Å². The first-order valence-electron chi connectivity index (χ1n) is 7.40. The highest BCUT2D eigenvalue weighted by Crippen LogP contribution is 2.31. The van der Waals surface area contributed by atoms with Crippen molar-refractivity contribution in [1.82, 2.24) is 4.98 Å². The van der Waals surface area contributed by atoms with Crippen LogP contribution in [-0.4, -0.2) is 4.98 Å². The highest BCUT2D eigenvalue weighted by atomic mass is 14.6. The van der Waals surface area contributed by atoms with Crippen LogP contribution in [0.25, 0.3) is 33.0 Å². The molecule has 1 aromatic heterocycles. The van der Waals surface area contributed by atoms with Gasteiger partial charge in [0.1, 0.15) is 0 Å². The smallest absolute Gasteiger partial charge is 0.0273 e. The Balaban J connectivity index is 1.89.